The van der Waals surface area contributed by atoms with Gasteiger partial charge in [0.15, 0.2) is 6.61 Å². The van der Waals surface area contributed by atoms with E-state index in [0.717, 1.165) is 15.6 Å². The molecule has 5 nitrogen and oxygen atoms in total. The van der Waals surface area contributed by atoms with Crippen molar-refractivity contribution < 1.29 is 14.3 Å². The Kier molecular flexibility index (Phi) is 7.85. The molecule has 0 aliphatic carbocycles. The molecule has 2 aromatic rings. The van der Waals surface area contributed by atoms with Crippen LogP contribution in [0.1, 0.15) is 38.8 Å². The highest BCUT2D eigenvalue weighted by molar-refractivity contribution is 9.10. The first-order chi connectivity index (χ1) is 13.5. The monoisotopic (exact) mass is 460 g/mol. The maximum absolute atomic E-state index is 13.0. The van der Waals surface area contributed by atoms with Crippen LogP contribution in [-0.2, 0) is 16.1 Å². The Hall–Kier alpha value is -2.34. The largest absolute Gasteiger partial charge is 0.484 e. The molecule has 0 aliphatic rings. The standard InChI is InChI=1S/C23H29BrN2O3/c1-16-8-6-11-20(12-16)29-15-21(27)26(14-18-9-7-10-19(24)13-18)17(2)22(28)25-23(3,4)5/h6-13,17H,14-15H2,1-5H3,(H,25,28)/t17-/m1/s1. The van der Waals surface area contributed by atoms with Crippen LogP contribution >= 0.6 is 15.9 Å². The molecular formula is C23H29BrN2O3. The van der Waals surface area contributed by atoms with Crippen LogP contribution in [0.3, 0.4) is 0 Å². The molecule has 0 radical (unpaired) electrons. The number of hydrogen-bond acceptors (Lipinski definition) is 3. The molecule has 1 atom stereocenters. The summed E-state index contributed by atoms with van der Waals surface area (Å²) >= 11 is 3.46. The lowest BCUT2D eigenvalue weighted by atomic mass is 10.1. The van der Waals surface area contributed by atoms with Crippen LogP contribution in [-0.4, -0.2) is 34.9 Å². The Labute approximate surface area is 181 Å². The summed E-state index contributed by atoms with van der Waals surface area (Å²) < 4.78 is 6.61. The molecule has 0 aliphatic heterocycles. The predicted molar refractivity (Wildman–Crippen MR) is 119 cm³/mol. The Balaban J connectivity index is 2.18. The van der Waals surface area contributed by atoms with E-state index in [-0.39, 0.29) is 24.0 Å². The third kappa shape index (κ3) is 7.54. The molecule has 2 amide bonds. The zero-order valence-corrected chi connectivity index (χ0v) is 19.2. The number of nitrogens with zero attached hydrogens (tertiary/aromatic N) is 1. The van der Waals surface area contributed by atoms with Crippen LogP contribution in [0.2, 0.25) is 0 Å². The van der Waals surface area contributed by atoms with Gasteiger partial charge in [-0.1, -0.05) is 40.2 Å². The molecule has 0 saturated carbocycles. The Bertz CT molecular complexity index is 861. The van der Waals surface area contributed by atoms with Crippen molar-refractivity contribution in [3.8, 4) is 5.75 Å². The predicted octanol–water partition coefficient (Wildman–Crippen LogP) is 4.47. The van der Waals surface area contributed by atoms with Crippen molar-refractivity contribution in [2.45, 2.75) is 52.7 Å². The number of rotatable bonds is 7. The van der Waals surface area contributed by atoms with Gasteiger partial charge in [0.25, 0.3) is 5.91 Å². The van der Waals surface area contributed by atoms with Gasteiger partial charge < -0.3 is 15.0 Å². The molecule has 29 heavy (non-hydrogen) atoms. The summed E-state index contributed by atoms with van der Waals surface area (Å²) in [6.07, 6.45) is 0. The summed E-state index contributed by atoms with van der Waals surface area (Å²) in [7, 11) is 0. The van der Waals surface area contributed by atoms with Crippen molar-refractivity contribution in [2.75, 3.05) is 6.61 Å². The number of carbonyl (C=O) groups is 2. The minimum Gasteiger partial charge on any atom is -0.484 e. The van der Waals surface area contributed by atoms with Crippen LogP contribution in [0.4, 0.5) is 0 Å². The van der Waals surface area contributed by atoms with Gasteiger partial charge in [0.1, 0.15) is 11.8 Å². The van der Waals surface area contributed by atoms with Crippen LogP contribution in [0, 0.1) is 6.92 Å². The fourth-order valence-corrected chi connectivity index (χ4v) is 3.27. The Morgan fingerprint density at radius 1 is 1.14 bits per heavy atom. The van der Waals surface area contributed by atoms with E-state index in [1.807, 2.05) is 76.2 Å². The highest BCUT2D eigenvalue weighted by Crippen LogP contribution is 2.17. The summed E-state index contributed by atoms with van der Waals surface area (Å²) in [5.74, 6) is 0.187. The van der Waals surface area contributed by atoms with E-state index in [1.54, 1.807) is 11.8 Å². The van der Waals surface area contributed by atoms with Crippen molar-refractivity contribution in [2.24, 2.45) is 0 Å². The second kappa shape index (κ2) is 9.92. The summed E-state index contributed by atoms with van der Waals surface area (Å²) in [5.41, 5.74) is 1.60. The SMILES string of the molecule is Cc1cccc(OCC(=O)N(Cc2cccc(Br)c2)[C@H](C)C(=O)NC(C)(C)C)c1. The van der Waals surface area contributed by atoms with E-state index >= 15 is 0 Å². The van der Waals surface area contributed by atoms with Crippen LogP contribution in [0.15, 0.2) is 53.0 Å². The highest BCUT2D eigenvalue weighted by Gasteiger charge is 2.28. The first-order valence-electron chi connectivity index (χ1n) is 9.60. The maximum Gasteiger partial charge on any atom is 0.261 e. The summed E-state index contributed by atoms with van der Waals surface area (Å²) in [6, 6.07) is 14.6. The average molecular weight is 461 g/mol. The first-order valence-corrected chi connectivity index (χ1v) is 10.4. The molecular weight excluding hydrogens is 432 g/mol. The zero-order chi connectivity index (χ0) is 21.6. The normalized spacial score (nSPS) is 12.2. The molecule has 0 saturated heterocycles. The van der Waals surface area contributed by atoms with E-state index in [2.05, 4.69) is 21.2 Å². The van der Waals surface area contributed by atoms with Gasteiger partial charge in [0, 0.05) is 16.6 Å². The van der Waals surface area contributed by atoms with Crippen LogP contribution in [0.5, 0.6) is 5.75 Å². The number of carbonyl (C=O) groups excluding carboxylic acids is 2. The van der Waals surface area contributed by atoms with Gasteiger partial charge >= 0.3 is 0 Å². The molecule has 0 spiro atoms. The van der Waals surface area contributed by atoms with E-state index in [4.69, 9.17) is 4.74 Å². The molecule has 1 N–H and O–H groups in total. The summed E-state index contributed by atoms with van der Waals surface area (Å²) in [5, 5.41) is 2.95. The molecule has 156 valence electrons. The highest BCUT2D eigenvalue weighted by atomic mass is 79.9. The topological polar surface area (TPSA) is 58.6 Å². The fraction of sp³-hybridized carbons (Fsp3) is 0.391. The van der Waals surface area contributed by atoms with Gasteiger partial charge in [0.05, 0.1) is 0 Å². The summed E-state index contributed by atoms with van der Waals surface area (Å²) in [6.45, 7) is 9.63. The molecule has 0 aromatic heterocycles. The number of hydrogen-bond donors (Lipinski definition) is 1. The van der Waals surface area contributed by atoms with E-state index in [9.17, 15) is 9.59 Å². The van der Waals surface area contributed by atoms with E-state index in [0.29, 0.717) is 12.3 Å². The smallest absolute Gasteiger partial charge is 0.261 e. The number of aryl methyl sites for hydroxylation is 1. The van der Waals surface area contributed by atoms with E-state index in [1.165, 1.54) is 0 Å². The molecule has 0 heterocycles. The number of amides is 2. The molecule has 6 heteroatoms. The van der Waals surface area contributed by atoms with Crippen LogP contribution in [0.25, 0.3) is 0 Å². The van der Waals surface area contributed by atoms with Crippen molar-refractivity contribution in [1.82, 2.24) is 10.2 Å². The fourth-order valence-electron chi connectivity index (χ4n) is 2.82. The first kappa shape index (κ1) is 22.9. The average Bonchev–Trinajstić information content (AvgIpc) is 2.62. The van der Waals surface area contributed by atoms with Gasteiger partial charge in [0.2, 0.25) is 5.91 Å². The Morgan fingerprint density at radius 2 is 1.83 bits per heavy atom. The quantitative estimate of drug-likeness (QED) is 0.662. The minimum atomic E-state index is -0.637. The second-order valence-corrected chi connectivity index (χ2v) is 9.09. The van der Waals surface area contributed by atoms with Gasteiger partial charge in [-0.25, -0.2) is 0 Å². The van der Waals surface area contributed by atoms with Crippen molar-refractivity contribution in [3.05, 3.63) is 64.1 Å². The number of nitrogens with one attached hydrogen (secondary N) is 1. The molecule has 0 bridgehead atoms. The van der Waals surface area contributed by atoms with E-state index < -0.39 is 6.04 Å². The van der Waals surface area contributed by atoms with Gasteiger partial charge in [-0.3, -0.25) is 9.59 Å². The second-order valence-electron chi connectivity index (χ2n) is 8.17. The van der Waals surface area contributed by atoms with Gasteiger partial charge in [-0.05, 0) is 70.0 Å². The molecule has 0 unspecified atom stereocenters. The van der Waals surface area contributed by atoms with Crippen molar-refractivity contribution >= 4 is 27.7 Å². The number of benzene rings is 2. The van der Waals surface area contributed by atoms with Crippen molar-refractivity contribution in [3.63, 3.8) is 0 Å². The summed E-state index contributed by atoms with van der Waals surface area (Å²) in [4.78, 5) is 27.3. The molecule has 2 aromatic carbocycles. The number of halogens is 1. The molecule has 0 fully saturated rings. The molecule has 2 rings (SSSR count). The third-order valence-electron chi connectivity index (χ3n) is 4.26. The van der Waals surface area contributed by atoms with Crippen LogP contribution < -0.4 is 10.1 Å². The number of ether oxygens (including phenoxy) is 1. The third-order valence-corrected chi connectivity index (χ3v) is 4.75. The van der Waals surface area contributed by atoms with Gasteiger partial charge in [-0.2, -0.15) is 0 Å². The maximum atomic E-state index is 13.0. The zero-order valence-electron chi connectivity index (χ0n) is 17.7. The lowest BCUT2D eigenvalue weighted by Gasteiger charge is -2.31. The van der Waals surface area contributed by atoms with Gasteiger partial charge in [-0.15, -0.1) is 0 Å². The Morgan fingerprint density at radius 3 is 2.45 bits per heavy atom. The minimum absolute atomic E-state index is 0.134. The lowest BCUT2D eigenvalue weighted by Crippen LogP contribution is -2.53. The lowest BCUT2D eigenvalue weighted by molar-refractivity contribution is -0.142. The van der Waals surface area contributed by atoms with Crippen molar-refractivity contribution in [1.29, 1.82) is 0 Å².